The summed E-state index contributed by atoms with van der Waals surface area (Å²) in [4.78, 5) is 0. The van der Waals surface area contributed by atoms with Crippen molar-refractivity contribution in [2.45, 2.75) is 273 Å². The minimum absolute atomic E-state index is 0.677. The van der Waals surface area contributed by atoms with Crippen LogP contribution in [0.2, 0.25) is 36.3 Å². The van der Waals surface area contributed by atoms with Crippen LogP contribution in [-0.4, -0.2) is 16.6 Å². The molecule has 0 aliphatic heterocycles. The van der Waals surface area contributed by atoms with Gasteiger partial charge in [-0.1, -0.05) is 237 Å². The highest BCUT2D eigenvalue weighted by Crippen LogP contribution is 2.50. The Bertz CT molecular complexity index is 699. The fraction of sp³-hybridized carbons (Fsp3) is 1.00. The van der Waals surface area contributed by atoms with Gasteiger partial charge in [0.05, 0.1) is 0 Å². The SMILES string of the molecule is CCCCC(CC)C[Si](CC(CC)CCCC)(CC(CC)CCCC)O[PH](=O)O[Si](CC(CC)CCCC)(CC(CC)CCCC)CC(CC)CCCC. The first-order chi connectivity index (χ1) is 26.1. The van der Waals surface area contributed by atoms with E-state index in [4.69, 9.17) is 8.43 Å². The molecule has 326 valence electrons. The first-order valence-corrected chi connectivity index (χ1v) is 31.3. The van der Waals surface area contributed by atoms with Gasteiger partial charge in [0.25, 0.3) is 8.25 Å². The molecule has 0 fully saturated rings. The summed E-state index contributed by atoms with van der Waals surface area (Å²) < 4.78 is 30.6. The zero-order valence-electron chi connectivity index (χ0n) is 39.4. The third-order valence-electron chi connectivity index (χ3n) is 13.8. The molecule has 0 saturated heterocycles. The van der Waals surface area contributed by atoms with Crippen LogP contribution in [0.5, 0.6) is 0 Å². The molecule has 0 heterocycles. The van der Waals surface area contributed by atoms with Gasteiger partial charge in [-0.2, -0.15) is 0 Å². The van der Waals surface area contributed by atoms with Crippen LogP contribution in [0.25, 0.3) is 0 Å². The lowest BCUT2D eigenvalue weighted by Crippen LogP contribution is -2.45. The predicted molar refractivity (Wildman–Crippen MR) is 251 cm³/mol. The Morgan fingerprint density at radius 1 is 0.333 bits per heavy atom. The van der Waals surface area contributed by atoms with E-state index in [0.29, 0.717) is 35.5 Å². The lowest BCUT2D eigenvalue weighted by molar-refractivity contribution is 0.345. The molecule has 0 bridgehead atoms. The van der Waals surface area contributed by atoms with E-state index in [1.165, 1.54) is 190 Å². The van der Waals surface area contributed by atoms with Gasteiger partial charge in [0.15, 0.2) is 0 Å². The minimum atomic E-state index is -2.67. The van der Waals surface area contributed by atoms with Gasteiger partial charge in [0.2, 0.25) is 16.6 Å². The van der Waals surface area contributed by atoms with Crippen LogP contribution in [0, 0.1) is 35.5 Å². The van der Waals surface area contributed by atoms with Crippen molar-refractivity contribution in [3.05, 3.63) is 0 Å². The second-order valence-corrected chi connectivity index (χ2v) is 27.9. The Morgan fingerprint density at radius 2 is 0.500 bits per heavy atom. The van der Waals surface area contributed by atoms with Crippen molar-refractivity contribution in [3.63, 3.8) is 0 Å². The summed E-state index contributed by atoms with van der Waals surface area (Å²) in [5, 5.41) is 0. The molecule has 0 rings (SSSR count). The lowest BCUT2D eigenvalue weighted by atomic mass is 10.0. The normalized spacial score (nSPS) is 18.4. The molecule has 6 heteroatoms. The Morgan fingerprint density at radius 3 is 0.630 bits per heavy atom. The molecule has 6 unspecified atom stereocenters. The zero-order valence-corrected chi connectivity index (χ0v) is 42.4. The molecule has 0 aromatic carbocycles. The van der Waals surface area contributed by atoms with Crippen molar-refractivity contribution in [1.82, 2.24) is 0 Å². The molecule has 0 N–H and O–H groups in total. The first kappa shape index (κ1) is 54.6. The largest absolute Gasteiger partial charge is 0.353 e. The maximum Gasteiger partial charge on any atom is 0.299 e. The van der Waals surface area contributed by atoms with E-state index in [9.17, 15) is 0 Å². The van der Waals surface area contributed by atoms with E-state index in [1.807, 2.05) is 0 Å². The van der Waals surface area contributed by atoms with Gasteiger partial charge in [-0.3, -0.25) is 4.57 Å². The third kappa shape index (κ3) is 23.9. The highest BCUT2D eigenvalue weighted by Gasteiger charge is 2.46. The van der Waals surface area contributed by atoms with Gasteiger partial charge in [0, 0.05) is 0 Å². The van der Waals surface area contributed by atoms with Crippen molar-refractivity contribution in [2.75, 3.05) is 0 Å². The van der Waals surface area contributed by atoms with Gasteiger partial charge < -0.3 is 8.43 Å². The summed E-state index contributed by atoms with van der Waals surface area (Å²) >= 11 is 0. The van der Waals surface area contributed by atoms with E-state index < -0.39 is 24.9 Å². The highest BCUT2D eigenvalue weighted by molar-refractivity contribution is 7.38. The number of hydrogen-bond acceptors (Lipinski definition) is 3. The van der Waals surface area contributed by atoms with Gasteiger partial charge >= 0.3 is 0 Å². The van der Waals surface area contributed by atoms with Crippen molar-refractivity contribution in [3.8, 4) is 0 Å². The number of rotatable bonds is 40. The lowest BCUT2D eigenvalue weighted by Gasteiger charge is -2.42. The van der Waals surface area contributed by atoms with Crippen molar-refractivity contribution < 1.29 is 13.0 Å². The second-order valence-electron chi connectivity index (χ2n) is 18.5. The second kappa shape index (κ2) is 34.4. The van der Waals surface area contributed by atoms with Crippen LogP contribution in [0.4, 0.5) is 0 Å². The molecule has 3 nitrogen and oxygen atoms in total. The van der Waals surface area contributed by atoms with Gasteiger partial charge in [0.1, 0.15) is 0 Å². The van der Waals surface area contributed by atoms with Crippen molar-refractivity contribution in [1.29, 1.82) is 0 Å². The highest BCUT2D eigenvalue weighted by atomic mass is 31.1. The van der Waals surface area contributed by atoms with E-state index in [2.05, 4.69) is 83.1 Å². The van der Waals surface area contributed by atoms with Gasteiger partial charge in [-0.25, -0.2) is 0 Å². The Kier molecular flexibility index (Phi) is 34.8. The predicted octanol–water partition coefficient (Wildman–Crippen LogP) is 18.6. The molecule has 0 aromatic heterocycles. The fourth-order valence-corrected chi connectivity index (χ4v) is 25.6. The molecule has 0 spiro atoms. The summed E-state index contributed by atoms with van der Waals surface area (Å²) in [5.74, 6) is 4.06. The molecule has 0 aromatic rings. The molecule has 54 heavy (non-hydrogen) atoms. The standard InChI is InChI=1S/C48H103O3PSi2/c1-13-25-31-43(19-7)37-53(38-44(20-8)32-26-14-2,39-45(21-9)33-27-15-3)50-52(49)51-54(40-46(22-10)34-28-16-4,41-47(23-11)35-29-17-5)42-48(24-12)36-30-18-6/h43-48,52H,13-42H2,1-12H3. The Hall–Kier alpha value is 0.584. The average molecular weight is 815 g/mol. The number of hydrogen-bond donors (Lipinski definition) is 0. The third-order valence-corrected chi connectivity index (χ3v) is 26.5. The van der Waals surface area contributed by atoms with Gasteiger partial charge in [-0.15, -0.1) is 0 Å². The molecule has 0 amide bonds. The average Bonchev–Trinajstić information content (AvgIpc) is 3.18. The van der Waals surface area contributed by atoms with Crippen LogP contribution >= 0.6 is 8.25 Å². The molecule has 0 aliphatic rings. The van der Waals surface area contributed by atoms with E-state index in [-0.39, 0.29) is 0 Å². The monoisotopic (exact) mass is 815 g/mol. The number of unbranched alkanes of at least 4 members (excludes halogenated alkanes) is 6. The van der Waals surface area contributed by atoms with Crippen LogP contribution in [0.1, 0.15) is 237 Å². The Balaban J connectivity index is 7.45. The smallest absolute Gasteiger partial charge is 0.299 e. The Labute approximate surface area is 345 Å². The quantitative estimate of drug-likeness (QED) is 0.0457. The summed E-state index contributed by atoms with van der Waals surface area (Å²) in [6.07, 6.45) is 30.4. The molecular weight excluding hydrogens is 712 g/mol. The topological polar surface area (TPSA) is 35.5 Å². The minimum Gasteiger partial charge on any atom is -0.353 e. The zero-order chi connectivity index (χ0) is 40.7. The molecule has 0 radical (unpaired) electrons. The molecule has 0 aliphatic carbocycles. The van der Waals surface area contributed by atoms with E-state index >= 15 is 4.57 Å². The fourth-order valence-electron chi connectivity index (χ4n) is 9.94. The summed E-state index contributed by atoms with van der Waals surface area (Å²) in [5.41, 5.74) is 0. The maximum absolute atomic E-state index is 15.4. The van der Waals surface area contributed by atoms with Crippen LogP contribution < -0.4 is 0 Å². The van der Waals surface area contributed by atoms with Crippen LogP contribution in [-0.2, 0) is 13.0 Å². The van der Waals surface area contributed by atoms with E-state index in [1.54, 1.807) is 0 Å². The summed E-state index contributed by atoms with van der Waals surface area (Å²) in [6, 6.07) is 7.16. The molecule has 0 saturated carbocycles. The van der Waals surface area contributed by atoms with Crippen LogP contribution in [0.3, 0.4) is 0 Å². The van der Waals surface area contributed by atoms with Crippen molar-refractivity contribution >= 4 is 24.9 Å². The van der Waals surface area contributed by atoms with E-state index in [0.717, 1.165) is 0 Å². The summed E-state index contributed by atoms with van der Waals surface area (Å²) in [7, 11) is -7.54. The molecular formula is C48H103O3PSi2. The van der Waals surface area contributed by atoms with Gasteiger partial charge in [-0.05, 0) is 71.8 Å². The van der Waals surface area contributed by atoms with Crippen LogP contribution in [0.15, 0.2) is 0 Å². The maximum atomic E-state index is 15.4. The molecule has 6 atom stereocenters. The van der Waals surface area contributed by atoms with Crippen molar-refractivity contribution in [2.24, 2.45) is 35.5 Å². The first-order valence-electron chi connectivity index (χ1n) is 25.0. The summed E-state index contributed by atoms with van der Waals surface area (Å²) in [6.45, 7) is 28.6.